The maximum absolute atomic E-state index is 2.82. The van der Waals surface area contributed by atoms with E-state index in [0.29, 0.717) is 0 Å². The van der Waals surface area contributed by atoms with E-state index in [9.17, 15) is 0 Å². The molecule has 3 heterocycles. The van der Waals surface area contributed by atoms with E-state index >= 15 is 0 Å². The van der Waals surface area contributed by atoms with Crippen LogP contribution in [-0.2, 0) is 0 Å². The fourth-order valence-electron chi connectivity index (χ4n) is 13.5. The van der Waals surface area contributed by atoms with Gasteiger partial charge in [-0.3, -0.25) is 0 Å². The van der Waals surface area contributed by atoms with Crippen LogP contribution in [0.15, 0.2) is 303 Å². The van der Waals surface area contributed by atoms with Crippen LogP contribution < -0.4 is 41.5 Å². The minimum absolute atomic E-state index is 1.13. The highest BCUT2D eigenvalue weighted by molar-refractivity contribution is 7.23. The van der Waals surface area contributed by atoms with Crippen LogP contribution in [0.2, 0.25) is 0 Å². The van der Waals surface area contributed by atoms with Crippen molar-refractivity contribution in [2.24, 2.45) is 0 Å². The summed E-state index contributed by atoms with van der Waals surface area (Å²) in [7, 11) is -5.61. The Morgan fingerprint density at radius 1 is 0.263 bits per heavy atom. The van der Waals surface area contributed by atoms with E-state index in [2.05, 4.69) is 312 Å². The quantitative estimate of drug-likeness (QED) is 0.101. The number of hydrogen-bond donors (Lipinski definition) is 0. The van der Waals surface area contributed by atoms with E-state index in [1.165, 1.54) is 107 Å². The number of hydrogen-bond acceptors (Lipinski definition) is 0. The Bertz CT molecular complexity index is 4370. The van der Waals surface area contributed by atoms with Crippen molar-refractivity contribution in [1.29, 1.82) is 0 Å². The standard InChI is InChI=1S/C72H50N2Si2/c1-6-25-54(26-7-1)75(55-27-8-2-9-28-55,56-29-10-3-11-30-56)59-35-22-24-52(49-59)73-67-41-19-17-37-62(67)64-47-45-53(50-70(64)73)74-68-42-20-16-36-61(68)63-46-44-51(48-69(63)74)60-39-23-40-66-65-38-18-21-43-71(65)76(72(60)66,57-31-12-4-13-32-57)58-33-14-5-15-34-58/h1-50H. The second-order valence-corrected chi connectivity index (χ2v) is 27.8. The van der Waals surface area contributed by atoms with Crippen LogP contribution in [0.3, 0.4) is 0 Å². The van der Waals surface area contributed by atoms with Crippen LogP contribution in [0.1, 0.15) is 0 Å². The van der Waals surface area contributed by atoms with Gasteiger partial charge in [-0.15, -0.1) is 0 Å². The molecule has 1 aliphatic rings. The van der Waals surface area contributed by atoms with E-state index in [1.54, 1.807) is 0 Å². The Labute approximate surface area is 444 Å². The first-order chi connectivity index (χ1) is 37.7. The van der Waals surface area contributed by atoms with E-state index in [-0.39, 0.29) is 0 Å². The molecule has 0 fully saturated rings. The molecule has 0 N–H and O–H groups in total. The zero-order valence-corrected chi connectivity index (χ0v) is 43.8. The van der Waals surface area contributed by atoms with Gasteiger partial charge in [0.25, 0.3) is 0 Å². The van der Waals surface area contributed by atoms with Crippen molar-refractivity contribution in [3.63, 3.8) is 0 Å². The van der Waals surface area contributed by atoms with Crippen molar-refractivity contribution < 1.29 is 0 Å². The minimum Gasteiger partial charge on any atom is -0.309 e. The van der Waals surface area contributed by atoms with Gasteiger partial charge in [0.2, 0.25) is 0 Å². The molecule has 0 aliphatic carbocycles. The maximum atomic E-state index is 2.52. The van der Waals surface area contributed by atoms with Gasteiger partial charge in [-0.2, -0.15) is 0 Å². The molecule has 76 heavy (non-hydrogen) atoms. The third kappa shape index (κ3) is 6.45. The first kappa shape index (κ1) is 44.2. The summed E-state index contributed by atoms with van der Waals surface area (Å²) in [5.41, 5.74) is 12.2. The third-order valence-electron chi connectivity index (χ3n) is 16.5. The summed E-state index contributed by atoms with van der Waals surface area (Å²) in [6.45, 7) is 0. The van der Waals surface area contributed by atoms with Crippen molar-refractivity contribution >= 4 is 101 Å². The molecule has 0 unspecified atom stereocenters. The first-order valence-electron chi connectivity index (χ1n) is 26.4. The summed E-state index contributed by atoms with van der Waals surface area (Å²) in [4.78, 5) is 0. The third-order valence-corrected chi connectivity index (χ3v) is 26.2. The summed E-state index contributed by atoms with van der Waals surface area (Å²) in [6.07, 6.45) is 0. The smallest absolute Gasteiger partial charge is 0.181 e. The van der Waals surface area contributed by atoms with Crippen molar-refractivity contribution in [3.8, 4) is 33.6 Å². The molecule has 0 atom stereocenters. The van der Waals surface area contributed by atoms with Gasteiger partial charge in [-0.1, -0.05) is 261 Å². The summed E-state index contributed by atoms with van der Waals surface area (Å²) < 4.78 is 5.03. The fourth-order valence-corrected chi connectivity index (χ4v) is 23.7. The molecule has 12 aromatic carbocycles. The Morgan fingerprint density at radius 2 is 0.684 bits per heavy atom. The molecule has 356 valence electrons. The van der Waals surface area contributed by atoms with Crippen LogP contribution in [0.25, 0.3) is 77.2 Å². The van der Waals surface area contributed by atoms with Crippen molar-refractivity contribution in [2.75, 3.05) is 0 Å². The van der Waals surface area contributed by atoms with Gasteiger partial charge in [-0.05, 0) is 106 Å². The molecule has 2 aromatic heterocycles. The van der Waals surface area contributed by atoms with Crippen molar-refractivity contribution in [1.82, 2.24) is 9.13 Å². The maximum Gasteiger partial charge on any atom is 0.181 e. The van der Waals surface area contributed by atoms with Gasteiger partial charge >= 0.3 is 0 Å². The average Bonchev–Trinajstić information content (AvgIpc) is 4.17. The lowest BCUT2D eigenvalue weighted by Gasteiger charge is -2.34. The number of rotatable bonds is 9. The zero-order chi connectivity index (χ0) is 50.2. The molecule has 1 aliphatic heterocycles. The van der Waals surface area contributed by atoms with Gasteiger partial charge in [0.1, 0.15) is 0 Å². The predicted octanol–water partition coefficient (Wildman–Crippen LogP) is 12.3. The molecule has 0 bridgehead atoms. The van der Waals surface area contributed by atoms with Gasteiger partial charge in [0.15, 0.2) is 16.1 Å². The summed E-state index contributed by atoms with van der Waals surface area (Å²) in [5, 5.41) is 16.1. The number of benzene rings is 12. The number of fused-ring (bicyclic) bond motifs is 9. The molecule has 0 amide bonds. The average molecular weight is 999 g/mol. The molecule has 4 heteroatoms. The highest BCUT2D eigenvalue weighted by Gasteiger charge is 2.50. The normalized spacial score (nSPS) is 12.8. The minimum atomic E-state index is -2.82. The van der Waals surface area contributed by atoms with Crippen LogP contribution in [-0.4, -0.2) is 25.3 Å². The van der Waals surface area contributed by atoms with E-state index in [1.807, 2.05) is 0 Å². The van der Waals surface area contributed by atoms with Crippen LogP contribution >= 0.6 is 0 Å². The van der Waals surface area contributed by atoms with Gasteiger partial charge in [-0.25, -0.2) is 0 Å². The number of nitrogens with zero attached hydrogens (tertiary/aromatic N) is 2. The van der Waals surface area contributed by atoms with E-state index < -0.39 is 16.1 Å². The van der Waals surface area contributed by atoms with Gasteiger partial charge in [0.05, 0.1) is 22.1 Å². The molecular formula is C72H50N2Si2. The molecule has 14 aromatic rings. The lowest BCUT2D eigenvalue weighted by atomic mass is 9.98. The number of para-hydroxylation sites is 2. The van der Waals surface area contributed by atoms with E-state index in [4.69, 9.17) is 0 Å². The summed E-state index contributed by atoms with van der Waals surface area (Å²) in [6, 6.07) is 114. The van der Waals surface area contributed by atoms with Crippen molar-refractivity contribution in [3.05, 3.63) is 303 Å². The highest BCUT2D eigenvalue weighted by atomic mass is 28.3. The SMILES string of the molecule is c1ccc([Si](c2ccccc2)(c2ccccc2)c2cccc(-n3c4ccccc4c4ccc(-n5c6ccccc6c6ccc(-c7cccc8c7[Si](c7ccccc7)(c7ccccc7)c7ccccc7-8)cc65)cc43)c2)cc1. The monoisotopic (exact) mass is 998 g/mol. The Hall–Kier alpha value is -9.33. The molecule has 0 saturated heterocycles. The van der Waals surface area contributed by atoms with Crippen LogP contribution in [0.4, 0.5) is 0 Å². The molecule has 0 radical (unpaired) electrons. The zero-order valence-electron chi connectivity index (χ0n) is 41.8. The molecule has 0 spiro atoms. The van der Waals surface area contributed by atoms with E-state index in [0.717, 1.165) is 11.4 Å². The lowest BCUT2D eigenvalue weighted by Crippen LogP contribution is -2.74. The van der Waals surface area contributed by atoms with Crippen LogP contribution in [0.5, 0.6) is 0 Å². The summed E-state index contributed by atoms with van der Waals surface area (Å²) in [5.74, 6) is 0. The van der Waals surface area contributed by atoms with Gasteiger partial charge in [0, 0.05) is 32.9 Å². The lowest BCUT2D eigenvalue weighted by molar-refractivity contribution is 1.16. The fraction of sp³-hybridized carbons (Fsp3) is 0. The largest absolute Gasteiger partial charge is 0.309 e. The molecule has 15 rings (SSSR count). The molecule has 0 saturated carbocycles. The van der Waals surface area contributed by atoms with Crippen LogP contribution in [0, 0.1) is 0 Å². The topological polar surface area (TPSA) is 9.86 Å². The molecular weight excluding hydrogens is 949 g/mol. The summed E-state index contributed by atoms with van der Waals surface area (Å²) >= 11 is 0. The Morgan fingerprint density at radius 3 is 1.28 bits per heavy atom. The Balaban J connectivity index is 0.962. The second kappa shape index (κ2) is 17.7. The van der Waals surface area contributed by atoms with Gasteiger partial charge < -0.3 is 9.13 Å². The number of aromatic nitrogens is 2. The Kier molecular flexibility index (Phi) is 10.3. The van der Waals surface area contributed by atoms with Crippen molar-refractivity contribution in [2.45, 2.75) is 0 Å². The second-order valence-electron chi connectivity index (χ2n) is 20.3. The highest BCUT2D eigenvalue weighted by Crippen LogP contribution is 2.40. The first-order valence-corrected chi connectivity index (χ1v) is 30.4. The molecule has 2 nitrogen and oxygen atoms in total. The predicted molar refractivity (Wildman–Crippen MR) is 327 cm³/mol.